The number of fused-ring (bicyclic) bond motifs is 1. The summed E-state index contributed by atoms with van der Waals surface area (Å²) < 4.78 is 13.1. The van der Waals surface area contributed by atoms with Gasteiger partial charge in [-0.25, -0.2) is 4.98 Å². The third kappa shape index (κ3) is 3.19. The zero-order valence-electron chi connectivity index (χ0n) is 14.3. The second-order valence-corrected chi connectivity index (χ2v) is 6.53. The fraction of sp³-hybridized carbons (Fsp3) is 0.588. The number of rotatable bonds is 6. The number of benzene rings is 1. The Hall–Kier alpha value is -1.75. The third-order valence-corrected chi connectivity index (χ3v) is 3.76. The summed E-state index contributed by atoms with van der Waals surface area (Å²) in [6.45, 7) is 8.18. The highest BCUT2D eigenvalue weighted by molar-refractivity contribution is 5.81. The lowest BCUT2D eigenvalue weighted by molar-refractivity contribution is 0.355. The van der Waals surface area contributed by atoms with Crippen molar-refractivity contribution >= 4 is 11.0 Å². The number of nitrogens with two attached hydrogens (primary N) is 1. The van der Waals surface area contributed by atoms with Crippen molar-refractivity contribution in [2.45, 2.75) is 45.6 Å². The number of nitrogens with zero attached hydrogens (tertiary/aromatic N) is 2. The zero-order chi connectivity index (χ0) is 16.3. The molecule has 0 atom stereocenters. The van der Waals surface area contributed by atoms with Gasteiger partial charge in [0.05, 0.1) is 25.3 Å². The average Bonchev–Trinajstić information content (AvgIpc) is 2.84. The Morgan fingerprint density at radius 1 is 1.09 bits per heavy atom. The highest BCUT2D eigenvalue weighted by Crippen LogP contribution is 2.34. The van der Waals surface area contributed by atoms with E-state index in [4.69, 9.17) is 20.2 Å². The van der Waals surface area contributed by atoms with Gasteiger partial charge < -0.3 is 19.8 Å². The van der Waals surface area contributed by atoms with Crippen LogP contribution < -0.4 is 15.2 Å². The Kier molecular flexibility index (Phi) is 4.96. The van der Waals surface area contributed by atoms with Gasteiger partial charge in [0.25, 0.3) is 0 Å². The molecule has 0 spiro atoms. The fourth-order valence-corrected chi connectivity index (χ4v) is 2.66. The second-order valence-electron chi connectivity index (χ2n) is 6.53. The first-order valence-electron chi connectivity index (χ1n) is 7.75. The van der Waals surface area contributed by atoms with Gasteiger partial charge in [-0.2, -0.15) is 0 Å². The van der Waals surface area contributed by atoms with E-state index in [1.807, 2.05) is 12.1 Å². The number of methoxy groups -OCH3 is 2. The van der Waals surface area contributed by atoms with E-state index in [1.165, 1.54) is 0 Å². The topological polar surface area (TPSA) is 62.3 Å². The molecule has 0 aliphatic heterocycles. The minimum Gasteiger partial charge on any atom is -0.493 e. The Morgan fingerprint density at radius 3 is 2.27 bits per heavy atom. The molecule has 1 aromatic heterocycles. The SMILES string of the molecule is COc1cc2nc(C(C)(C)C)n(CCCCN)c2cc1OC. The minimum absolute atomic E-state index is 0.0256. The van der Waals surface area contributed by atoms with E-state index >= 15 is 0 Å². The summed E-state index contributed by atoms with van der Waals surface area (Å²) in [7, 11) is 3.30. The molecule has 0 radical (unpaired) electrons. The van der Waals surface area contributed by atoms with Gasteiger partial charge in [-0.1, -0.05) is 20.8 Å². The van der Waals surface area contributed by atoms with Crippen LogP contribution in [0.15, 0.2) is 12.1 Å². The van der Waals surface area contributed by atoms with E-state index < -0.39 is 0 Å². The summed E-state index contributed by atoms with van der Waals surface area (Å²) in [6, 6.07) is 3.96. The van der Waals surface area contributed by atoms with Gasteiger partial charge >= 0.3 is 0 Å². The van der Waals surface area contributed by atoms with Crippen LogP contribution in [0.4, 0.5) is 0 Å². The molecule has 122 valence electrons. The van der Waals surface area contributed by atoms with Gasteiger partial charge in [0.2, 0.25) is 0 Å². The number of imidazole rings is 1. The summed E-state index contributed by atoms with van der Waals surface area (Å²) in [5, 5.41) is 0. The van der Waals surface area contributed by atoms with Crippen LogP contribution in [-0.4, -0.2) is 30.3 Å². The third-order valence-electron chi connectivity index (χ3n) is 3.76. The molecule has 5 nitrogen and oxygen atoms in total. The largest absolute Gasteiger partial charge is 0.493 e. The van der Waals surface area contributed by atoms with Crippen molar-refractivity contribution < 1.29 is 9.47 Å². The van der Waals surface area contributed by atoms with Gasteiger partial charge in [0.1, 0.15) is 5.82 Å². The van der Waals surface area contributed by atoms with Gasteiger partial charge in [-0.05, 0) is 19.4 Å². The van der Waals surface area contributed by atoms with Crippen LogP contribution in [0.3, 0.4) is 0 Å². The summed E-state index contributed by atoms with van der Waals surface area (Å²) in [5.74, 6) is 2.52. The molecular formula is C17H27N3O2. The first-order valence-corrected chi connectivity index (χ1v) is 7.75. The van der Waals surface area contributed by atoms with Gasteiger partial charge in [-0.3, -0.25) is 0 Å². The quantitative estimate of drug-likeness (QED) is 0.833. The van der Waals surface area contributed by atoms with Crippen LogP contribution in [0.1, 0.15) is 39.4 Å². The maximum atomic E-state index is 5.63. The van der Waals surface area contributed by atoms with Crippen molar-refractivity contribution in [3.8, 4) is 11.5 Å². The lowest BCUT2D eigenvalue weighted by Gasteiger charge is -2.20. The molecule has 2 rings (SSSR count). The maximum Gasteiger partial charge on any atom is 0.163 e. The van der Waals surface area contributed by atoms with Crippen LogP contribution in [0, 0.1) is 0 Å². The van der Waals surface area contributed by atoms with Gasteiger partial charge in [0, 0.05) is 24.1 Å². The molecular weight excluding hydrogens is 278 g/mol. The highest BCUT2D eigenvalue weighted by Gasteiger charge is 2.23. The van der Waals surface area contributed by atoms with Crippen LogP contribution >= 0.6 is 0 Å². The van der Waals surface area contributed by atoms with E-state index in [0.29, 0.717) is 12.3 Å². The molecule has 0 aliphatic carbocycles. The molecule has 0 unspecified atom stereocenters. The van der Waals surface area contributed by atoms with Gasteiger partial charge in [0.15, 0.2) is 11.5 Å². The van der Waals surface area contributed by atoms with Crippen molar-refractivity contribution in [3.63, 3.8) is 0 Å². The molecule has 0 saturated carbocycles. The normalized spacial score (nSPS) is 11.9. The lowest BCUT2D eigenvalue weighted by atomic mass is 9.95. The number of ether oxygens (including phenoxy) is 2. The number of aromatic nitrogens is 2. The minimum atomic E-state index is -0.0256. The van der Waals surface area contributed by atoms with E-state index in [0.717, 1.165) is 42.0 Å². The van der Waals surface area contributed by atoms with Crippen LogP contribution in [0.2, 0.25) is 0 Å². The standard InChI is InChI=1S/C17H27N3O2/c1-17(2,3)16-19-12-10-14(21-4)15(22-5)11-13(12)20(16)9-7-6-8-18/h10-11H,6-9,18H2,1-5H3. The smallest absolute Gasteiger partial charge is 0.163 e. The van der Waals surface area contributed by atoms with E-state index in [1.54, 1.807) is 14.2 Å². The number of hydrogen-bond donors (Lipinski definition) is 1. The Morgan fingerprint density at radius 2 is 1.73 bits per heavy atom. The molecule has 0 aliphatic rings. The van der Waals surface area contributed by atoms with Gasteiger partial charge in [-0.15, -0.1) is 0 Å². The molecule has 0 bridgehead atoms. The summed E-state index contributed by atoms with van der Waals surface area (Å²) in [5.41, 5.74) is 7.62. The molecule has 0 amide bonds. The molecule has 0 fully saturated rings. The van der Waals surface area contributed by atoms with E-state index in [2.05, 4.69) is 25.3 Å². The zero-order valence-corrected chi connectivity index (χ0v) is 14.3. The Balaban J connectivity index is 2.59. The predicted molar refractivity (Wildman–Crippen MR) is 89.8 cm³/mol. The van der Waals surface area contributed by atoms with E-state index in [-0.39, 0.29) is 5.41 Å². The molecule has 2 N–H and O–H groups in total. The van der Waals surface area contributed by atoms with Crippen LogP contribution in [0.5, 0.6) is 11.5 Å². The maximum absolute atomic E-state index is 5.63. The highest BCUT2D eigenvalue weighted by atomic mass is 16.5. The molecule has 22 heavy (non-hydrogen) atoms. The van der Waals surface area contributed by atoms with Crippen molar-refractivity contribution in [3.05, 3.63) is 18.0 Å². The van der Waals surface area contributed by atoms with Crippen LogP contribution in [0.25, 0.3) is 11.0 Å². The van der Waals surface area contributed by atoms with Crippen LogP contribution in [-0.2, 0) is 12.0 Å². The van der Waals surface area contributed by atoms with Crippen molar-refractivity contribution in [1.29, 1.82) is 0 Å². The molecule has 1 heterocycles. The van der Waals surface area contributed by atoms with Crippen molar-refractivity contribution in [1.82, 2.24) is 9.55 Å². The summed E-state index contributed by atoms with van der Waals surface area (Å²) in [6.07, 6.45) is 2.05. The molecule has 5 heteroatoms. The summed E-state index contributed by atoms with van der Waals surface area (Å²) in [4.78, 5) is 4.84. The van der Waals surface area contributed by atoms with Crippen molar-refractivity contribution in [2.75, 3.05) is 20.8 Å². The molecule has 0 saturated heterocycles. The number of unbranched alkanes of at least 4 members (excludes halogenated alkanes) is 1. The number of aryl methyl sites for hydroxylation is 1. The average molecular weight is 305 g/mol. The molecule has 1 aromatic carbocycles. The fourth-order valence-electron chi connectivity index (χ4n) is 2.66. The first kappa shape index (κ1) is 16.6. The lowest BCUT2D eigenvalue weighted by Crippen LogP contribution is -2.19. The van der Waals surface area contributed by atoms with E-state index in [9.17, 15) is 0 Å². The predicted octanol–water partition coefficient (Wildman–Crippen LogP) is 3.09. The summed E-state index contributed by atoms with van der Waals surface area (Å²) >= 11 is 0. The monoisotopic (exact) mass is 305 g/mol. The van der Waals surface area contributed by atoms with Crippen molar-refractivity contribution in [2.24, 2.45) is 5.73 Å². The first-order chi connectivity index (χ1) is 10.4. The second kappa shape index (κ2) is 6.57. The Labute approximate surface area is 132 Å². The molecule has 2 aromatic rings. The number of hydrogen-bond acceptors (Lipinski definition) is 4. The Bertz CT molecular complexity index is 641.